The van der Waals surface area contributed by atoms with E-state index in [0.29, 0.717) is 6.61 Å². The Morgan fingerprint density at radius 1 is 1.71 bits per heavy atom. The molecule has 0 aromatic carbocycles. The number of carbonyl (C=O) groups excluding carboxylic acids is 1. The van der Waals surface area contributed by atoms with E-state index in [2.05, 4.69) is 20.0 Å². The van der Waals surface area contributed by atoms with Gasteiger partial charge in [-0.25, -0.2) is 4.98 Å². The van der Waals surface area contributed by atoms with Crippen LogP contribution in [0.2, 0.25) is 0 Å². The normalized spacial score (nSPS) is 9.50. The Balaban J connectivity index is 2.50. The molecule has 0 bridgehead atoms. The van der Waals surface area contributed by atoms with Crippen LogP contribution in [-0.4, -0.2) is 29.1 Å². The maximum absolute atomic E-state index is 11.1. The third-order valence-electron chi connectivity index (χ3n) is 1.41. The van der Waals surface area contributed by atoms with Crippen LogP contribution in [0.25, 0.3) is 0 Å². The summed E-state index contributed by atoms with van der Waals surface area (Å²) in [5.41, 5.74) is -0.364. The molecule has 2 N–H and O–H groups in total. The average molecular weight is 197 g/mol. The molecule has 0 aliphatic heterocycles. The van der Waals surface area contributed by atoms with Gasteiger partial charge in [0, 0.05) is 12.4 Å². The van der Waals surface area contributed by atoms with Gasteiger partial charge in [0.15, 0.2) is 5.82 Å². The lowest BCUT2D eigenvalue weighted by atomic mass is 10.6. The van der Waals surface area contributed by atoms with Crippen molar-refractivity contribution in [2.45, 2.75) is 6.92 Å². The molecule has 1 rings (SSSR count). The fourth-order valence-corrected chi connectivity index (χ4v) is 0.846. The van der Waals surface area contributed by atoms with Crippen LogP contribution < -0.4 is 10.9 Å². The smallest absolute Gasteiger partial charge is 0.325 e. The van der Waals surface area contributed by atoms with Gasteiger partial charge >= 0.3 is 5.97 Å². The summed E-state index contributed by atoms with van der Waals surface area (Å²) in [4.78, 5) is 28.1. The van der Waals surface area contributed by atoms with Gasteiger partial charge in [0.2, 0.25) is 0 Å². The molecule has 14 heavy (non-hydrogen) atoms. The molecular formula is C8H11N3O3. The minimum Gasteiger partial charge on any atom is -0.465 e. The third kappa shape index (κ3) is 2.89. The van der Waals surface area contributed by atoms with E-state index in [1.54, 1.807) is 6.92 Å². The van der Waals surface area contributed by atoms with Gasteiger partial charge in [-0.3, -0.25) is 9.59 Å². The van der Waals surface area contributed by atoms with Gasteiger partial charge < -0.3 is 15.0 Å². The highest BCUT2D eigenvalue weighted by Crippen LogP contribution is 1.89. The first-order valence-corrected chi connectivity index (χ1v) is 4.17. The van der Waals surface area contributed by atoms with E-state index in [9.17, 15) is 9.59 Å². The Morgan fingerprint density at radius 2 is 2.50 bits per heavy atom. The molecule has 0 aliphatic rings. The van der Waals surface area contributed by atoms with Crippen LogP contribution in [-0.2, 0) is 9.53 Å². The van der Waals surface area contributed by atoms with Gasteiger partial charge in [0.05, 0.1) is 6.61 Å². The predicted molar refractivity (Wildman–Crippen MR) is 50.0 cm³/mol. The van der Waals surface area contributed by atoms with Crippen molar-refractivity contribution in [3.05, 3.63) is 22.7 Å². The fourth-order valence-electron chi connectivity index (χ4n) is 0.846. The summed E-state index contributed by atoms with van der Waals surface area (Å²) in [6, 6.07) is 0. The highest BCUT2D eigenvalue weighted by atomic mass is 16.5. The number of esters is 1. The molecular weight excluding hydrogens is 186 g/mol. The van der Waals surface area contributed by atoms with E-state index < -0.39 is 5.97 Å². The first-order chi connectivity index (χ1) is 6.74. The van der Waals surface area contributed by atoms with Crippen LogP contribution >= 0.6 is 0 Å². The number of rotatable bonds is 4. The zero-order valence-corrected chi connectivity index (χ0v) is 7.74. The van der Waals surface area contributed by atoms with Crippen LogP contribution in [0, 0.1) is 0 Å². The van der Waals surface area contributed by atoms with E-state index in [0.717, 1.165) is 0 Å². The van der Waals surface area contributed by atoms with Gasteiger partial charge in [0.1, 0.15) is 6.54 Å². The molecule has 0 radical (unpaired) electrons. The van der Waals surface area contributed by atoms with Crippen LogP contribution in [0.15, 0.2) is 17.2 Å². The number of anilines is 1. The maximum Gasteiger partial charge on any atom is 0.325 e. The van der Waals surface area contributed by atoms with Crippen molar-refractivity contribution in [2.24, 2.45) is 0 Å². The quantitative estimate of drug-likeness (QED) is 0.650. The number of carbonyl (C=O) groups is 1. The zero-order chi connectivity index (χ0) is 10.4. The molecule has 0 amide bonds. The number of aromatic amines is 1. The van der Waals surface area contributed by atoms with Crippen molar-refractivity contribution in [2.75, 3.05) is 18.5 Å². The maximum atomic E-state index is 11.1. The number of hydrogen-bond acceptors (Lipinski definition) is 5. The number of hydrogen-bond donors (Lipinski definition) is 2. The van der Waals surface area contributed by atoms with E-state index in [-0.39, 0.29) is 17.9 Å². The number of H-pyrrole nitrogens is 1. The minimum atomic E-state index is -0.419. The lowest BCUT2D eigenvalue weighted by Gasteiger charge is -2.03. The molecule has 6 nitrogen and oxygen atoms in total. The van der Waals surface area contributed by atoms with Gasteiger partial charge in [-0.2, -0.15) is 0 Å². The molecule has 1 aromatic rings. The van der Waals surface area contributed by atoms with Crippen LogP contribution in [0.1, 0.15) is 6.92 Å². The monoisotopic (exact) mass is 197 g/mol. The number of aromatic nitrogens is 2. The Kier molecular flexibility index (Phi) is 3.66. The van der Waals surface area contributed by atoms with E-state index in [4.69, 9.17) is 0 Å². The summed E-state index contributed by atoms with van der Waals surface area (Å²) in [6.45, 7) is 1.97. The van der Waals surface area contributed by atoms with Crippen molar-refractivity contribution < 1.29 is 9.53 Å². The SMILES string of the molecule is CCOC(=O)CNc1ncc[nH]c1=O. The zero-order valence-electron chi connectivity index (χ0n) is 7.74. The van der Waals surface area contributed by atoms with Crippen molar-refractivity contribution in [1.29, 1.82) is 0 Å². The van der Waals surface area contributed by atoms with Gasteiger partial charge in [-0.15, -0.1) is 0 Å². The molecule has 0 fully saturated rings. The average Bonchev–Trinajstić information content (AvgIpc) is 2.17. The second-order valence-electron chi connectivity index (χ2n) is 2.43. The van der Waals surface area contributed by atoms with E-state index in [1.165, 1.54) is 12.4 Å². The molecule has 76 valence electrons. The highest BCUT2D eigenvalue weighted by Gasteiger charge is 2.03. The van der Waals surface area contributed by atoms with Crippen LogP contribution in [0.5, 0.6) is 0 Å². The lowest BCUT2D eigenvalue weighted by Crippen LogP contribution is -2.22. The predicted octanol–water partition coefficient (Wildman–Crippen LogP) is -0.255. The summed E-state index contributed by atoms with van der Waals surface area (Å²) in [7, 11) is 0. The second-order valence-corrected chi connectivity index (χ2v) is 2.43. The molecule has 0 atom stereocenters. The minimum absolute atomic E-state index is 0.0616. The third-order valence-corrected chi connectivity index (χ3v) is 1.41. The van der Waals surface area contributed by atoms with Crippen molar-refractivity contribution >= 4 is 11.8 Å². The largest absolute Gasteiger partial charge is 0.465 e. The molecule has 1 aromatic heterocycles. The van der Waals surface area contributed by atoms with Gasteiger partial charge in [-0.1, -0.05) is 0 Å². The van der Waals surface area contributed by atoms with Crippen LogP contribution in [0.3, 0.4) is 0 Å². The molecule has 0 aliphatic carbocycles. The van der Waals surface area contributed by atoms with E-state index in [1.807, 2.05) is 0 Å². The van der Waals surface area contributed by atoms with E-state index >= 15 is 0 Å². The summed E-state index contributed by atoms with van der Waals surface area (Å²) < 4.78 is 4.66. The molecule has 0 unspecified atom stereocenters. The van der Waals surface area contributed by atoms with Crippen molar-refractivity contribution in [1.82, 2.24) is 9.97 Å². The Bertz CT molecular complexity index is 361. The summed E-state index contributed by atoms with van der Waals surface area (Å²) >= 11 is 0. The molecule has 0 spiro atoms. The Morgan fingerprint density at radius 3 is 3.14 bits per heavy atom. The number of nitrogens with zero attached hydrogens (tertiary/aromatic N) is 1. The number of ether oxygens (including phenoxy) is 1. The first kappa shape index (κ1) is 10.2. The summed E-state index contributed by atoms with van der Waals surface area (Å²) in [6.07, 6.45) is 2.84. The van der Waals surface area contributed by atoms with Crippen LogP contribution in [0.4, 0.5) is 5.82 Å². The molecule has 6 heteroatoms. The van der Waals surface area contributed by atoms with Crippen molar-refractivity contribution in [3.63, 3.8) is 0 Å². The highest BCUT2D eigenvalue weighted by molar-refractivity contribution is 5.74. The van der Waals surface area contributed by atoms with Gasteiger partial charge in [-0.05, 0) is 6.92 Å². The fraction of sp³-hybridized carbons (Fsp3) is 0.375. The standard InChI is InChI=1S/C8H11N3O3/c1-2-14-6(12)5-11-7-8(13)10-4-3-9-7/h3-4H,2,5H2,1H3,(H,9,11)(H,10,13). The summed E-state index contributed by atoms with van der Waals surface area (Å²) in [5, 5.41) is 2.57. The Hall–Kier alpha value is -1.85. The molecule has 0 saturated carbocycles. The van der Waals surface area contributed by atoms with Gasteiger partial charge in [0.25, 0.3) is 5.56 Å². The Labute approximate surface area is 80.3 Å². The first-order valence-electron chi connectivity index (χ1n) is 4.17. The second kappa shape index (κ2) is 5.00. The number of nitrogens with one attached hydrogen (secondary N) is 2. The summed E-state index contributed by atoms with van der Waals surface area (Å²) in [5.74, 6) is -0.307. The lowest BCUT2D eigenvalue weighted by molar-refractivity contribution is -0.140. The van der Waals surface area contributed by atoms with Crippen molar-refractivity contribution in [3.8, 4) is 0 Å². The topological polar surface area (TPSA) is 84.1 Å². The molecule has 0 saturated heterocycles. The molecule has 1 heterocycles.